The van der Waals surface area contributed by atoms with Crippen molar-refractivity contribution >= 4 is 5.91 Å². The Morgan fingerprint density at radius 1 is 1.37 bits per heavy atom. The summed E-state index contributed by atoms with van der Waals surface area (Å²) in [6.45, 7) is 7.11. The van der Waals surface area contributed by atoms with Gasteiger partial charge in [0.2, 0.25) is 5.91 Å². The minimum Gasteiger partial charge on any atom is -0.378 e. The summed E-state index contributed by atoms with van der Waals surface area (Å²) in [5, 5.41) is 6.47. The van der Waals surface area contributed by atoms with E-state index < -0.39 is 0 Å². The van der Waals surface area contributed by atoms with Crippen LogP contribution in [0.2, 0.25) is 0 Å². The van der Waals surface area contributed by atoms with Gasteiger partial charge >= 0.3 is 0 Å². The van der Waals surface area contributed by atoms with Crippen molar-refractivity contribution in [1.82, 2.24) is 10.6 Å². The van der Waals surface area contributed by atoms with Crippen LogP contribution in [0.4, 0.5) is 0 Å². The molecule has 0 aromatic carbocycles. The predicted octanol–water partition coefficient (Wildman–Crippen LogP) is 1.70. The van der Waals surface area contributed by atoms with Gasteiger partial charge in [-0.2, -0.15) is 0 Å². The summed E-state index contributed by atoms with van der Waals surface area (Å²) in [7, 11) is 0. The lowest BCUT2D eigenvalue weighted by Gasteiger charge is -2.34. The minimum atomic E-state index is 0.187. The predicted molar refractivity (Wildman–Crippen MR) is 76.0 cm³/mol. The molecule has 0 saturated carbocycles. The Hall–Kier alpha value is -0.610. The Kier molecular flexibility index (Phi) is 5.64. The van der Waals surface area contributed by atoms with E-state index in [2.05, 4.69) is 24.5 Å². The van der Waals surface area contributed by atoms with E-state index in [9.17, 15) is 4.79 Å². The van der Waals surface area contributed by atoms with Gasteiger partial charge in [0.1, 0.15) is 0 Å². The van der Waals surface area contributed by atoms with Gasteiger partial charge in [0.25, 0.3) is 0 Å². The van der Waals surface area contributed by atoms with Crippen LogP contribution in [0.5, 0.6) is 0 Å². The van der Waals surface area contributed by atoms with Gasteiger partial charge in [-0.3, -0.25) is 4.79 Å². The molecule has 2 rings (SSSR count). The van der Waals surface area contributed by atoms with E-state index in [4.69, 9.17) is 4.74 Å². The van der Waals surface area contributed by atoms with Crippen molar-refractivity contribution < 1.29 is 9.53 Å². The van der Waals surface area contributed by atoms with E-state index in [0.717, 1.165) is 32.5 Å². The first kappa shape index (κ1) is 14.8. The van der Waals surface area contributed by atoms with E-state index >= 15 is 0 Å². The average molecular weight is 268 g/mol. The molecule has 2 saturated heterocycles. The first-order chi connectivity index (χ1) is 9.16. The smallest absolute Gasteiger partial charge is 0.221 e. The second-order valence-corrected chi connectivity index (χ2v) is 6.28. The fraction of sp³-hybridized carbons (Fsp3) is 0.933. The minimum absolute atomic E-state index is 0.187. The number of carbonyl (C=O) groups excluding carboxylic acids is 1. The zero-order chi connectivity index (χ0) is 13.7. The number of carbonyl (C=O) groups is 1. The Balaban J connectivity index is 1.71. The second kappa shape index (κ2) is 7.25. The topological polar surface area (TPSA) is 50.4 Å². The van der Waals surface area contributed by atoms with E-state index in [1.165, 1.54) is 12.8 Å². The van der Waals surface area contributed by atoms with Crippen molar-refractivity contribution in [2.45, 2.75) is 58.1 Å². The summed E-state index contributed by atoms with van der Waals surface area (Å²) >= 11 is 0. The Morgan fingerprint density at radius 2 is 2.21 bits per heavy atom. The van der Waals surface area contributed by atoms with E-state index in [-0.39, 0.29) is 5.91 Å². The van der Waals surface area contributed by atoms with E-state index in [1.54, 1.807) is 0 Å². The lowest BCUT2D eigenvalue weighted by Crippen LogP contribution is -2.42. The molecule has 2 N–H and O–H groups in total. The molecule has 2 aliphatic rings. The molecule has 3 atom stereocenters. The van der Waals surface area contributed by atoms with Gasteiger partial charge in [-0.05, 0) is 38.1 Å². The maximum atomic E-state index is 11.9. The van der Waals surface area contributed by atoms with Crippen molar-refractivity contribution in [3.05, 3.63) is 0 Å². The molecular weight excluding hydrogens is 240 g/mol. The SMILES string of the molecule is CC(C)C1OCCCC1CNC(=O)CC1CCCN1. The number of ether oxygens (including phenoxy) is 1. The highest BCUT2D eigenvalue weighted by Crippen LogP contribution is 2.25. The third-order valence-corrected chi connectivity index (χ3v) is 4.31. The van der Waals surface area contributed by atoms with Crippen LogP contribution >= 0.6 is 0 Å². The molecule has 110 valence electrons. The Labute approximate surface area is 116 Å². The van der Waals surface area contributed by atoms with Crippen LogP contribution < -0.4 is 10.6 Å². The summed E-state index contributed by atoms with van der Waals surface area (Å²) in [6, 6.07) is 0.392. The van der Waals surface area contributed by atoms with Crippen molar-refractivity contribution in [1.29, 1.82) is 0 Å². The van der Waals surface area contributed by atoms with E-state index in [1.807, 2.05) is 0 Å². The van der Waals surface area contributed by atoms with Crippen LogP contribution in [0.1, 0.15) is 46.0 Å². The fourth-order valence-electron chi connectivity index (χ4n) is 3.29. The molecule has 0 bridgehead atoms. The summed E-state index contributed by atoms with van der Waals surface area (Å²) in [5.41, 5.74) is 0. The largest absolute Gasteiger partial charge is 0.378 e. The van der Waals surface area contributed by atoms with Gasteiger partial charge in [0.05, 0.1) is 6.10 Å². The normalized spacial score (nSPS) is 31.6. The highest BCUT2D eigenvalue weighted by Gasteiger charge is 2.29. The maximum absolute atomic E-state index is 11.9. The zero-order valence-corrected chi connectivity index (χ0v) is 12.3. The molecule has 3 unspecified atom stereocenters. The molecule has 19 heavy (non-hydrogen) atoms. The first-order valence-electron chi connectivity index (χ1n) is 7.78. The standard InChI is InChI=1S/C15H28N2O2/c1-11(2)15-12(5-4-8-19-15)10-17-14(18)9-13-6-3-7-16-13/h11-13,15-16H,3-10H2,1-2H3,(H,17,18). The molecule has 1 amide bonds. The molecule has 0 spiro atoms. The molecule has 2 fully saturated rings. The molecule has 2 heterocycles. The number of amides is 1. The molecule has 0 aromatic heterocycles. The third kappa shape index (κ3) is 4.46. The van der Waals surface area contributed by atoms with Gasteiger partial charge in [0.15, 0.2) is 0 Å². The monoisotopic (exact) mass is 268 g/mol. The molecule has 4 heteroatoms. The molecule has 4 nitrogen and oxygen atoms in total. The summed E-state index contributed by atoms with van der Waals surface area (Å²) < 4.78 is 5.85. The average Bonchev–Trinajstić information content (AvgIpc) is 2.89. The Morgan fingerprint density at radius 3 is 2.89 bits per heavy atom. The highest BCUT2D eigenvalue weighted by atomic mass is 16.5. The van der Waals surface area contributed by atoms with Gasteiger partial charge in [-0.1, -0.05) is 13.8 Å². The fourth-order valence-corrected chi connectivity index (χ4v) is 3.29. The van der Waals surface area contributed by atoms with E-state index in [0.29, 0.717) is 30.4 Å². The summed E-state index contributed by atoms with van der Waals surface area (Å²) in [5.74, 6) is 1.19. The maximum Gasteiger partial charge on any atom is 0.221 e. The van der Waals surface area contributed by atoms with Crippen LogP contribution in [0, 0.1) is 11.8 Å². The van der Waals surface area contributed by atoms with Gasteiger partial charge in [-0.15, -0.1) is 0 Å². The zero-order valence-electron chi connectivity index (χ0n) is 12.3. The van der Waals surface area contributed by atoms with Crippen molar-refractivity contribution in [2.75, 3.05) is 19.7 Å². The van der Waals surface area contributed by atoms with Gasteiger partial charge in [-0.25, -0.2) is 0 Å². The second-order valence-electron chi connectivity index (χ2n) is 6.28. The molecule has 0 aliphatic carbocycles. The van der Waals surface area contributed by atoms with Crippen molar-refractivity contribution in [3.63, 3.8) is 0 Å². The third-order valence-electron chi connectivity index (χ3n) is 4.31. The van der Waals surface area contributed by atoms with Crippen LogP contribution in [0.15, 0.2) is 0 Å². The lowest BCUT2D eigenvalue weighted by atomic mass is 9.87. The van der Waals surface area contributed by atoms with Crippen molar-refractivity contribution in [2.24, 2.45) is 11.8 Å². The first-order valence-corrected chi connectivity index (χ1v) is 7.78. The van der Waals surface area contributed by atoms with Crippen LogP contribution in [0.3, 0.4) is 0 Å². The molecule has 2 aliphatic heterocycles. The number of hydrogen-bond acceptors (Lipinski definition) is 3. The quantitative estimate of drug-likeness (QED) is 0.798. The number of hydrogen-bond donors (Lipinski definition) is 2. The Bertz CT molecular complexity index is 288. The van der Waals surface area contributed by atoms with Crippen molar-refractivity contribution in [3.8, 4) is 0 Å². The lowest BCUT2D eigenvalue weighted by molar-refractivity contribution is -0.122. The van der Waals surface area contributed by atoms with Crippen LogP contribution in [-0.2, 0) is 9.53 Å². The van der Waals surface area contributed by atoms with Crippen LogP contribution in [-0.4, -0.2) is 37.7 Å². The summed E-state index contributed by atoms with van der Waals surface area (Å²) in [4.78, 5) is 11.9. The van der Waals surface area contributed by atoms with Gasteiger partial charge in [0, 0.05) is 31.5 Å². The molecular formula is C15H28N2O2. The van der Waals surface area contributed by atoms with Gasteiger partial charge < -0.3 is 15.4 Å². The number of nitrogens with one attached hydrogen (secondary N) is 2. The highest BCUT2D eigenvalue weighted by molar-refractivity contribution is 5.76. The molecule has 0 aromatic rings. The summed E-state index contributed by atoms with van der Waals surface area (Å²) in [6.07, 6.45) is 5.55. The number of rotatable bonds is 5. The molecule has 0 radical (unpaired) electrons. The van der Waals surface area contributed by atoms with Crippen LogP contribution in [0.25, 0.3) is 0 Å².